The van der Waals surface area contributed by atoms with Crippen LogP contribution in [-0.4, -0.2) is 41.6 Å². The van der Waals surface area contributed by atoms with Crippen molar-refractivity contribution >= 4 is 0 Å². The van der Waals surface area contributed by atoms with E-state index in [2.05, 4.69) is 53.6 Å². The molecule has 4 nitrogen and oxygen atoms in total. The van der Waals surface area contributed by atoms with Gasteiger partial charge in [-0.05, 0) is 57.7 Å². The molecule has 2 rings (SSSR count). The Hall–Kier alpha value is -1.65. The molecule has 0 fully saturated rings. The third kappa shape index (κ3) is 4.79. The van der Waals surface area contributed by atoms with Gasteiger partial charge in [0, 0.05) is 24.6 Å². The zero-order valence-electron chi connectivity index (χ0n) is 12.4. The molecular weight excluding hydrogens is 248 g/mol. The first-order valence-electron chi connectivity index (χ1n) is 7.18. The number of nitrogens with one attached hydrogen (secondary N) is 1. The second-order valence-corrected chi connectivity index (χ2v) is 5.32. The van der Waals surface area contributed by atoms with Gasteiger partial charge >= 0.3 is 0 Å². The molecule has 0 bridgehead atoms. The number of benzene rings is 1. The van der Waals surface area contributed by atoms with E-state index < -0.39 is 0 Å². The average molecular weight is 272 g/mol. The molecule has 1 aromatic carbocycles. The van der Waals surface area contributed by atoms with Gasteiger partial charge in [-0.1, -0.05) is 12.1 Å². The number of nitrogens with zero attached hydrogens (tertiary/aromatic N) is 3. The summed E-state index contributed by atoms with van der Waals surface area (Å²) >= 11 is 0. The van der Waals surface area contributed by atoms with Gasteiger partial charge in [-0.15, -0.1) is 0 Å². The van der Waals surface area contributed by atoms with Crippen LogP contribution in [0, 0.1) is 0 Å². The number of hydrogen-bond donors (Lipinski definition) is 1. The lowest BCUT2D eigenvalue weighted by molar-refractivity contribution is 0.391. The third-order valence-electron chi connectivity index (χ3n) is 3.28. The van der Waals surface area contributed by atoms with Crippen LogP contribution in [0.15, 0.2) is 43.0 Å². The maximum atomic E-state index is 4.06. The summed E-state index contributed by atoms with van der Waals surface area (Å²) in [6.07, 6.45) is 8.05. The summed E-state index contributed by atoms with van der Waals surface area (Å²) < 4.78 is 2.01. The van der Waals surface area contributed by atoms with E-state index in [1.807, 2.05) is 17.1 Å². The van der Waals surface area contributed by atoms with Gasteiger partial charge in [0.05, 0.1) is 6.33 Å². The fourth-order valence-corrected chi connectivity index (χ4v) is 2.11. The molecule has 0 aliphatic heterocycles. The highest BCUT2D eigenvalue weighted by molar-refractivity contribution is 5.34. The van der Waals surface area contributed by atoms with E-state index >= 15 is 0 Å². The topological polar surface area (TPSA) is 33.1 Å². The molecule has 0 atom stereocenters. The van der Waals surface area contributed by atoms with Gasteiger partial charge < -0.3 is 14.8 Å². The maximum absolute atomic E-state index is 4.06. The van der Waals surface area contributed by atoms with Gasteiger partial charge in [0.25, 0.3) is 0 Å². The quantitative estimate of drug-likeness (QED) is 0.749. The van der Waals surface area contributed by atoms with Crippen LogP contribution < -0.4 is 5.32 Å². The predicted molar refractivity (Wildman–Crippen MR) is 83.1 cm³/mol. The van der Waals surface area contributed by atoms with Crippen molar-refractivity contribution in [2.24, 2.45) is 0 Å². The molecule has 1 N–H and O–H groups in total. The first-order valence-corrected chi connectivity index (χ1v) is 7.18. The van der Waals surface area contributed by atoms with Crippen LogP contribution in [0.2, 0.25) is 0 Å². The van der Waals surface area contributed by atoms with Crippen LogP contribution >= 0.6 is 0 Å². The molecular formula is C16H24N4. The van der Waals surface area contributed by atoms with Crippen LogP contribution in [0.3, 0.4) is 0 Å². The van der Waals surface area contributed by atoms with Crippen LogP contribution in [0.5, 0.6) is 0 Å². The molecule has 0 spiro atoms. The maximum Gasteiger partial charge on any atom is 0.0991 e. The zero-order chi connectivity index (χ0) is 14.2. The first-order chi connectivity index (χ1) is 9.75. The molecule has 0 aliphatic carbocycles. The molecule has 0 aliphatic rings. The molecule has 0 amide bonds. The van der Waals surface area contributed by atoms with Crippen molar-refractivity contribution in [2.75, 3.05) is 27.2 Å². The molecule has 20 heavy (non-hydrogen) atoms. The molecule has 108 valence electrons. The molecule has 2 aromatic rings. The Morgan fingerprint density at radius 1 is 1.15 bits per heavy atom. The smallest absolute Gasteiger partial charge is 0.0991 e. The highest BCUT2D eigenvalue weighted by Crippen LogP contribution is 2.09. The number of hydrogen-bond acceptors (Lipinski definition) is 3. The van der Waals surface area contributed by atoms with E-state index in [-0.39, 0.29) is 0 Å². The van der Waals surface area contributed by atoms with Crippen LogP contribution in [0.4, 0.5) is 0 Å². The highest BCUT2D eigenvalue weighted by Gasteiger charge is 1.97. The molecule has 4 heteroatoms. The third-order valence-corrected chi connectivity index (χ3v) is 3.28. The second-order valence-electron chi connectivity index (χ2n) is 5.32. The lowest BCUT2D eigenvalue weighted by Crippen LogP contribution is -2.18. The largest absolute Gasteiger partial charge is 0.313 e. The highest BCUT2D eigenvalue weighted by atomic mass is 15.0. The standard InChI is InChI=1S/C16H24N4/c1-19(2)11-4-3-9-17-13-15-5-7-16(8-6-15)20-12-10-18-14-20/h5-8,10,12,14,17H,3-4,9,11,13H2,1-2H3. The van der Waals surface area contributed by atoms with Crippen LogP contribution in [-0.2, 0) is 6.54 Å². The molecule has 1 heterocycles. The van der Waals surface area contributed by atoms with E-state index in [9.17, 15) is 0 Å². The summed E-state index contributed by atoms with van der Waals surface area (Å²) in [4.78, 5) is 6.29. The van der Waals surface area contributed by atoms with Crippen molar-refractivity contribution in [1.29, 1.82) is 0 Å². The summed E-state index contributed by atoms with van der Waals surface area (Å²) in [5, 5.41) is 3.49. The minimum Gasteiger partial charge on any atom is -0.313 e. The average Bonchev–Trinajstić information content (AvgIpc) is 2.97. The van der Waals surface area contributed by atoms with E-state index in [1.54, 1.807) is 6.20 Å². The zero-order valence-corrected chi connectivity index (χ0v) is 12.4. The number of unbranched alkanes of at least 4 members (excludes halogenated alkanes) is 1. The van der Waals surface area contributed by atoms with Gasteiger partial charge in [-0.3, -0.25) is 0 Å². The van der Waals surface area contributed by atoms with Crippen molar-refractivity contribution in [2.45, 2.75) is 19.4 Å². The first kappa shape index (κ1) is 14.8. The lowest BCUT2D eigenvalue weighted by atomic mass is 10.2. The minimum atomic E-state index is 0.937. The van der Waals surface area contributed by atoms with E-state index in [0.29, 0.717) is 0 Å². The number of imidazole rings is 1. The Kier molecular flexibility index (Phi) is 5.77. The normalized spacial score (nSPS) is 11.2. The summed E-state index contributed by atoms with van der Waals surface area (Å²) in [6, 6.07) is 8.60. The van der Waals surface area contributed by atoms with Gasteiger partial charge in [0.1, 0.15) is 0 Å². The number of rotatable bonds is 8. The Bertz CT molecular complexity index is 474. The molecule has 1 aromatic heterocycles. The van der Waals surface area contributed by atoms with Crippen molar-refractivity contribution in [3.8, 4) is 5.69 Å². The fraction of sp³-hybridized carbons (Fsp3) is 0.438. The second kappa shape index (κ2) is 7.82. The van der Waals surface area contributed by atoms with Crippen LogP contribution in [0.1, 0.15) is 18.4 Å². The molecule has 0 saturated carbocycles. The Balaban J connectivity index is 1.69. The van der Waals surface area contributed by atoms with Gasteiger partial charge in [-0.25, -0.2) is 4.98 Å². The summed E-state index contributed by atoms with van der Waals surface area (Å²) in [7, 11) is 4.24. The van der Waals surface area contributed by atoms with Crippen LogP contribution in [0.25, 0.3) is 5.69 Å². The van der Waals surface area contributed by atoms with Crippen molar-refractivity contribution < 1.29 is 0 Å². The predicted octanol–water partition coefficient (Wildman–Crippen LogP) is 2.30. The molecule has 0 unspecified atom stereocenters. The molecule has 0 saturated heterocycles. The SMILES string of the molecule is CN(C)CCCCNCc1ccc(-n2ccnc2)cc1. The van der Waals surface area contributed by atoms with E-state index in [1.165, 1.54) is 24.9 Å². The van der Waals surface area contributed by atoms with E-state index in [0.717, 1.165) is 18.8 Å². The minimum absolute atomic E-state index is 0.937. The summed E-state index contributed by atoms with van der Waals surface area (Å²) in [5.41, 5.74) is 2.47. The fourth-order valence-electron chi connectivity index (χ4n) is 2.11. The molecule has 0 radical (unpaired) electrons. The Labute approximate surface area is 121 Å². The van der Waals surface area contributed by atoms with Crippen molar-refractivity contribution in [3.05, 3.63) is 48.5 Å². The number of aromatic nitrogens is 2. The summed E-state index contributed by atoms with van der Waals surface area (Å²) in [5.74, 6) is 0. The van der Waals surface area contributed by atoms with Gasteiger partial charge in [-0.2, -0.15) is 0 Å². The van der Waals surface area contributed by atoms with Crippen molar-refractivity contribution in [1.82, 2.24) is 19.8 Å². The van der Waals surface area contributed by atoms with E-state index in [4.69, 9.17) is 0 Å². The van der Waals surface area contributed by atoms with Gasteiger partial charge in [0.15, 0.2) is 0 Å². The Morgan fingerprint density at radius 2 is 1.95 bits per heavy atom. The van der Waals surface area contributed by atoms with Crippen molar-refractivity contribution in [3.63, 3.8) is 0 Å². The Morgan fingerprint density at radius 3 is 2.60 bits per heavy atom. The lowest BCUT2D eigenvalue weighted by Gasteiger charge is -2.09. The summed E-state index contributed by atoms with van der Waals surface area (Å²) in [6.45, 7) is 3.19. The monoisotopic (exact) mass is 272 g/mol. The van der Waals surface area contributed by atoms with Gasteiger partial charge in [0.2, 0.25) is 0 Å².